The van der Waals surface area contributed by atoms with Crippen LogP contribution < -0.4 is 5.32 Å². The van der Waals surface area contributed by atoms with Crippen molar-refractivity contribution in [2.75, 3.05) is 13.1 Å². The molecule has 1 aliphatic heterocycles. The van der Waals surface area contributed by atoms with Gasteiger partial charge in [-0.3, -0.25) is 9.69 Å². The molecular formula is C22H24Cl2N2O. The normalized spacial score (nSPS) is 18.7. The molecule has 0 aliphatic carbocycles. The Labute approximate surface area is 171 Å². The Bertz CT molecular complexity index is 794. The van der Waals surface area contributed by atoms with Crippen molar-refractivity contribution in [2.24, 2.45) is 0 Å². The van der Waals surface area contributed by atoms with Gasteiger partial charge in [-0.25, -0.2) is 0 Å². The van der Waals surface area contributed by atoms with E-state index in [0.29, 0.717) is 10.6 Å². The van der Waals surface area contributed by atoms with Gasteiger partial charge in [-0.05, 0) is 37.1 Å². The molecule has 5 heteroatoms. The van der Waals surface area contributed by atoms with Crippen molar-refractivity contribution in [3.63, 3.8) is 0 Å². The molecule has 0 unspecified atom stereocenters. The fourth-order valence-electron chi connectivity index (χ4n) is 3.75. The van der Waals surface area contributed by atoms with Crippen LogP contribution in [0.4, 0.5) is 0 Å². The summed E-state index contributed by atoms with van der Waals surface area (Å²) in [4.78, 5) is 15.4. The van der Waals surface area contributed by atoms with Gasteiger partial charge in [0, 0.05) is 12.6 Å². The third kappa shape index (κ3) is 4.73. The second kappa shape index (κ2) is 9.41. The predicted molar refractivity (Wildman–Crippen MR) is 113 cm³/mol. The number of benzene rings is 2. The summed E-state index contributed by atoms with van der Waals surface area (Å²) < 4.78 is 0. The summed E-state index contributed by atoms with van der Waals surface area (Å²) in [6.07, 6.45) is 5.27. The molecule has 142 valence electrons. The molecule has 2 aromatic rings. The molecule has 1 N–H and O–H groups in total. The lowest BCUT2D eigenvalue weighted by Crippen LogP contribution is -2.48. The lowest BCUT2D eigenvalue weighted by molar-refractivity contribution is 0.0850. The highest BCUT2D eigenvalue weighted by Gasteiger charge is 2.32. The Morgan fingerprint density at radius 3 is 2.70 bits per heavy atom. The molecule has 1 heterocycles. The molecule has 2 atom stereocenters. The fourth-order valence-corrected chi connectivity index (χ4v) is 4.13. The lowest BCUT2D eigenvalue weighted by atomic mass is 9.90. The van der Waals surface area contributed by atoms with Gasteiger partial charge >= 0.3 is 0 Å². The van der Waals surface area contributed by atoms with Gasteiger partial charge in [0.1, 0.15) is 0 Å². The standard InChI is InChI=1S/C22H24Cl2N2O/c1-2-14-26-15-7-6-13-19(26)21(16-9-4-3-5-10-16)25-22(27)17-11-8-12-18(23)20(17)24/h2-5,8-12,19,21H,1,6-7,13-15H2,(H,25,27)/t19-,21-/m0/s1. The van der Waals surface area contributed by atoms with Crippen LogP contribution in [0.3, 0.4) is 0 Å². The topological polar surface area (TPSA) is 32.3 Å². The van der Waals surface area contributed by atoms with E-state index in [1.165, 1.54) is 6.42 Å². The monoisotopic (exact) mass is 402 g/mol. The number of carbonyl (C=O) groups excluding carboxylic acids is 1. The summed E-state index contributed by atoms with van der Waals surface area (Å²) in [5, 5.41) is 3.89. The minimum Gasteiger partial charge on any atom is -0.344 e. The molecule has 2 aromatic carbocycles. The number of rotatable bonds is 6. The number of hydrogen-bond donors (Lipinski definition) is 1. The van der Waals surface area contributed by atoms with Crippen molar-refractivity contribution < 1.29 is 4.79 Å². The maximum atomic E-state index is 13.0. The largest absolute Gasteiger partial charge is 0.344 e. The summed E-state index contributed by atoms with van der Waals surface area (Å²) in [6, 6.07) is 15.3. The van der Waals surface area contributed by atoms with Crippen molar-refractivity contribution in [2.45, 2.75) is 31.3 Å². The molecule has 0 bridgehead atoms. The molecule has 1 fully saturated rings. The third-order valence-corrected chi connectivity index (χ3v) is 5.87. The van der Waals surface area contributed by atoms with Gasteiger partial charge in [0.05, 0.1) is 21.7 Å². The van der Waals surface area contributed by atoms with Gasteiger partial charge in [0.15, 0.2) is 0 Å². The van der Waals surface area contributed by atoms with Crippen LogP contribution in [-0.4, -0.2) is 29.9 Å². The highest BCUT2D eigenvalue weighted by Crippen LogP contribution is 2.30. The molecule has 1 aliphatic rings. The summed E-state index contributed by atoms with van der Waals surface area (Å²) >= 11 is 12.4. The number of piperidine rings is 1. The van der Waals surface area contributed by atoms with Crippen LogP contribution in [0.2, 0.25) is 10.0 Å². The van der Waals surface area contributed by atoms with E-state index in [2.05, 4.69) is 28.9 Å². The van der Waals surface area contributed by atoms with E-state index < -0.39 is 0 Å². The van der Waals surface area contributed by atoms with Crippen molar-refractivity contribution >= 4 is 29.1 Å². The maximum absolute atomic E-state index is 13.0. The number of nitrogens with zero attached hydrogens (tertiary/aromatic N) is 1. The number of likely N-dealkylation sites (tertiary alicyclic amines) is 1. The number of halogens is 2. The molecule has 0 spiro atoms. The Morgan fingerprint density at radius 1 is 1.19 bits per heavy atom. The van der Waals surface area contributed by atoms with Crippen LogP contribution in [0.25, 0.3) is 0 Å². The van der Waals surface area contributed by atoms with E-state index in [9.17, 15) is 4.79 Å². The van der Waals surface area contributed by atoms with Crippen molar-refractivity contribution in [1.82, 2.24) is 10.2 Å². The minimum atomic E-state index is -0.208. The first-order valence-corrected chi connectivity index (χ1v) is 10.0. The predicted octanol–water partition coefficient (Wildman–Crippen LogP) is 5.51. The number of amides is 1. The van der Waals surface area contributed by atoms with Crippen molar-refractivity contribution in [1.29, 1.82) is 0 Å². The van der Waals surface area contributed by atoms with Crippen LogP contribution >= 0.6 is 23.2 Å². The van der Waals surface area contributed by atoms with E-state index in [0.717, 1.165) is 31.5 Å². The average molecular weight is 403 g/mol. The van der Waals surface area contributed by atoms with Crippen LogP contribution in [0.5, 0.6) is 0 Å². The quantitative estimate of drug-likeness (QED) is 0.646. The van der Waals surface area contributed by atoms with Gasteiger partial charge in [0.2, 0.25) is 0 Å². The summed E-state index contributed by atoms with van der Waals surface area (Å²) in [5.41, 5.74) is 1.49. The molecule has 3 nitrogen and oxygen atoms in total. The van der Waals surface area contributed by atoms with Crippen molar-refractivity contribution in [3.05, 3.63) is 82.4 Å². The van der Waals surface area contributed by atoms with E-state index in [1.807, 2.05) is 24.3 Å². The maximum Gasteiger partial charge on any atom is 0.253 e. The van der Waals surface area contributed by atoms with E-state index >= 15 is 0 Å². The third-order valence-electron chi connectivity index (χ3n) is 5.05. The lowest BCUT2D eigenvalue weighted by Gasteiger charge is -2.40. The molecule has 0 radical (unpaired) electrons. The zero-order valence-corrected chi connectivity index (χ0v) is 16.7. The first kappa shape index (κ1) is 19.9. The summed E-state index contributed by atoms with van der Waals surface area (Å²) in [5.74, 6) is -0.208. The second-order valence-corrected chi connectivity index (χ2v) is 7.60. The first-order valence-electron chi connectivity index (χ1n) is 9.26. The van der Waals surface area contributed by atoms with Crippen LogP contribution in [0, 0.1) is 0 Å². The molecule has 0 saturated carbocycles. The van der Waals surface area contributed by atoms with E-state index in [-0.39, 0.29) is 23.0 Å². The fraction of sp³-hybridized carbons (Fsp3) is 0.318. The molecule has 1 saturated heterocycles. The highest BCUT2D eigenvalue weighted by molar-refractivity contribution is 6.43. The molecule has 1 amide bonds. The van der Waals surface area contributed by atoms with Gasteiger partial charge in [0.25, 0.3) is 5.91 Å². The Balaban J connectivity index is 1.91. The van der Waals surface area contributed by atoms with E-state index in [4.69, 9.17) is 23.2 Å². The molecule has 3 rings (SSSR count). The number of carbonyl (C=O) groups is 1. The second-order valence-electron chi connectivity index (χ2n) is 6.81. The van der Waals surface area contributed by atoms with Gasteiger partial charge in [-0.2, -0.15) is 0 Å². The molecule has 0 aromatic heterocycles. The Morgan fingerprint density at radius 2 is 1.96 bits per heavy atom. The SMILES string of the molecule is C=CCN1CCCC[C@H]1[C@@H](NC(=O)c1cccc(Cl)c1Cl)c1ccccc1. The minimum absolute atomic E-state index is 0.131. The summed E-state index contributed by atoms with van der Waals surface area (Å²) in [7, 11) is 0. The van der Waals surface area contributed by atoms with Crippen LogP contribution in [0.1, 0.15) is 41.2 Å². The Kier molecular flexibility index (Phi) is 6.95. The van der Waals surface area contributed by atoms with Gasteiger partial charge < -0.3 is 5.32 Å². The van der Waals surface area contributed by atoms with Crippen LogP contribution in [0.15, 0.2) is 61.2 Å². The molecule has 27 heavy (non-hydrogen) atoms. The number of hydrogen-bond acceptors (Lipinski definition) is 2. The van der Waals surface area contributed by atoms with Gasteiger partial charge in [-0.15, -0.1) is 6.58 Å². The zero-order valence-electron chi connectivity index (χ0n) is 15.2. The van der Waals surface area contributed by atoms with Gasteiger partial charge in [-0.1, -0.05) is 72.1 Å². The van der Waals surface area contributed by atoms with Crippen molar-refractivity contribution in [3.8, 4) is 0 Å². The Hall–Kier alpha value is -1.81. The van der Waals surface area contributed by atoms with E-state index in [1.54, 1.807) is 18.2 Å². The average Bonchev–Trinajstić information content (AvgIpc) is 2.69. The number of nitrogens with one attached hydrogen (secondary N) is 1. The highest BCUT2D eigenvalue weighted by atomic mass is 35.5. The molecular weight excluding hydrogens is 379 g/mol. The zero-order chi connectivity index (χ0) is 19.2. The van der Waals surface area contributed by atoms with Crippen LogP contribution in [-0.2, 0) is 0 Å². The smallest absolute Gasteiger partial charge is 0.253 e. The summed E-state index contributed by atoms with van der Waals surface area (Å²) in [6.45, 7) is 5.71. The first-order chi connectivity index (χ1) is 13.1.